The van der Waals surface area contributed by atoms with Crippen LogP contribution in [-0.2, 0) is 5.41 Å². The highest BCUT2D eigenvalue weighted by Gasteiger charge is 2.40. The summed E-state index contributed by atoms with van der Waals surface area (Å²) in [4.78, 5) is 0. The molecule has 0 fully saturated rings. The van der Waals surface area contributed by atoms with Crippen LogP contribution in [0.4, 0.5) is 0 Å². The summed E-state index contributed by atoms with van der Waals surface area (Å²) < 4.78 is 0. The van der Waals surface area contributed by atoms with Gasteiger partial charge in [0, 0.05) is 23.7 Å². The van der Waals surface area contributed by atoms with Crippen molar-refractivity contribution in [1.29, 1.82) is 0 Å². The maximum Gasteiger partial charge on any atom is 0.0701 e. The third-order valence-corrected chi connectivity index (χ3v) is 14.2. The Morgan fingerprint density at radius 2 is 0.509 bits per heavy atom. The monoisotopic (exact) mass is 680 g/mol. The zero-order chi connectivity index (χ0) is 34.7. The van der Waals surface area contributed by atoms with Crippen molar-refractivity contribution in [2.45, 2.75) is 31.1 Å². The smallest absolute Gasteiger partial charge is 0.0701 e. The lowest BCUT2D eigenvalue weighted by Gasteiger charge is -2.37. The number of hydrogen-bond acceptors (Lipinski definition) is 0. The molecule has 0 radical (unpaired) electrons. The van der Waals surface area contributed by atoms with E-state index in [0.29, 0.717) is 47.3 Å². The summed E-state index contributed by atoms with van der Waals surface area (Å²) >= 11 is 0. The molecule has 8 atom stereocenters. The van der Waals surface area contributed by atoms with Crippen LogP contribution in [0.2, 0.25) is 0 Å². The van der Waals surface area contributed by atoms with Crippen molar-refractivity contribution in [3.63, 3.8) is 0 Å². The summed E-state index contributed by atoms with van der Waals surface area (Å²) in [5, 5.41) is 0. The zero-order valence-corrected chi connectivity index (χ0v) is 30.1. The van der Waals surface area contributed by atoms with Crippen molar-refractivity contribution in [2.75, 3.05) is 0 Å². The maximum absolute atomic E-state index is 2.50. The molecule has 8 bridgehead atoms. The van der Waals surface area contributed by atoms with E-state index >= 15 is 0 Å². The van der Waals surface area contributed by atoms with E-state index in [1.807, 2.05) is 0 Å². The van der Waals surface area contributed by atoms with Gasteiger partial charge in [0.05, 0.1) is 5.41 Å². The average Bonchev–Trinajstić information content (AvgIpc) is 4.09. The van der Waals surface area contributed by atoms with Crippen molar-refractivity contribution < 1.29 is 0 Å². The lowest BCUT2D eigenvalue weighted by atomic mass is 9.64. The highest BCUT2D eigenvalue weighted by atomic mass is 14.4. The molecule has 0 aliphatic heterocycles. The predicted molar refractivity (Wildman–Crippen MR) is 220 cm³/mol. The van der Waals surface area contributed by atoms with Gasteiger partial charge in [0.1, 0.15) is 0 Å². The first-order valence-electron chi connectivity index (χ1n) is 20.2. The van der Waals surface area contributed by atoms with Gasteiger partial charge in [0.2, 0.25) is 0 Å². The molecule has 0 heteroatoms. The topological polar surface area (TPSA) is 0 Å². The Morgan fingerprint density at radius 3 is 0.679 bits per heavy atom. The molecule has 4 aromatic carbocycles. The molecule has 0 amide bonds. The van der Waals surface area contributed by atoms with E-state index in [2.05, 4.69) is 170 Å². The minimum atomic E-state index is -0.494. The molecule has 0 aromatic heterocycles. The molecule has 0 heterocycles. The summed E-state index contributed by atoms with van der Waals surface area (Å²) in [5.74, 6) is 4.65. The fraction of sp³-hybridized carbons (Fsp3) is 0.245. The van der Waals surface area contributed by atoms with Crippen molar-refractivity contribution in [3.8, 4) is 0 Å². The largest absolute Gasteiger partial charge is 0.0810 e. The third-order valence-electron chi connectivity index (χ3n) is 14.2. The van der Waals surface area contributed by atoms with Gasteiger partial charge in [-0.1, -0.05) is 170 Å². The second-order valence-electron chi connectivity index (χ2n) is 17.1. The molecular formula is C53H44. The maximum atomic E-state index is 2.50. The summed E-state index contributed by atoms with van der Waals surface area (Å²) in [6.45, 7) is 0. The lowest BCUT2D eigenvalue weighted by molar-refractivity contribution is 0.734. The van der Waals surface area contributed by atoms with Gasteiger partial charge in [-0.05, 0) is 116 Å². The molecule has 8 aliphatic rings. The summed E-state index contributed by atoms with van der Waals surface area (Å²) in [6.07, 6.45) is 34.2. The van der Waals surface area contributed by atoms with E-state index in [9.17, 15) is 0 Å². The second-order valence-corrected chi connectivity index (χ2v) is 17.1. The first-order chi connectivity index (χ1) is 26.2. The Bertz CT molecular complexity index is 2050. The Hall–Kier alpha value is -5.20. The lowest BCUT2D eigenvalue weighted by Crippen LogP contribution is -2.31. The predicted octanol–water partition coefficient (Wildman–Crippen LogP) is 12.4. The fourth-order valence-corrected chi connectivity index (χ4v) is 11.6. The standard InChI is InChI=1S/C53H44/c1-5-41-25-33(1)29-49(41)37-9-17-45(18-10-37)53(46-19-11-38(12-20-46)50-30-34-2-6-42(50)26-34,47-21-13-39(14-22-47)51-31-35-3-7-43(51)27-35)48-23-15-40(16-24-48)52-32-36-4-8-44(52)28-36/h1-24,29-36,41-44H,25-28H2. The van der Waals surface area contributed by atoms with Crippen molar-refractivity contribution in [1.82, 2.24) is 0 Å². The van der Waals surface area contributed by atoms with Gasteiger partial charge >= 0.3 is 0 Å². The molecule has 0 N–H and O–H groups in total. The molecule has 4 aromatic rings. The zero-order valence-electron chi connectivity index (χ0n) is 30.1. The summed E-state index contributed by atoms with van der Waals surface area (Å²) in [7, 11) is 0. The molecule has 0 spiro atoms. The Labute approximate surface area is 314 Å². The molecular weight excluding hydrogens is 637 g/mol. The van der Waals surface area contributed by atoms with Gasteiger partial charge in [-0.25, -0.2) is 0 Å². The van der Waals surface area contributed by atoms with Crippen molar-refractivity contribution in [3.05, 3.63) is 214 Å². The van der Waals surface area contributed by atoms with E-state index in [-0.39, 0.29) is 0 Å². The summed E-state index contributed by atoms with van der Waals surface area (Å²) in [6, 6.07) is 38.8. The quantitative estimate of drug-likeness (QED) is 0.128. The van der Waals surface area contributed by atoms with Gasteiger partial charge in [-0.15, -0.1) is 0 Å². The Balaban J connectivity index is 1.02. The number of rotatable bonds is 8. The van der Waals surface area contributed by atoms with Gasteiger partial charge in [0.25, 0.3) is 0 Å². The van der Waals surface area contributed by atoms with Gasteiger partial charge in [-0.3, -0.25) is 0 Å². The van der Waals surface area contributed by atoms with Crippen molar-refractivity contribution in [2.24, 2.45) is 47.3 Å². The van der Waals surface area contributed by atoms with E-state index in [4.69, 9.17) is 0 Å². The number of fused-ring (bicyclic) bond motifs is 8. The Kier molecular flexibility index (Phi) is 6.51. The Morgan fingerprint density at radius 1 is 0.283 bits per heavy atom. The molecule has 8 aliphatic carbocycles. The van der Waals surface area contributed by atoms with Crippen LogP contribution in [0.5, 0.6) is 0 Å². The van der Waals surface area contributed by atoms with Crippen LogP contribution in [0.15, 0.2) is 170 Å². The first kappa shape index (κ1) is 30.3. The SMILES string of the molecule is C1=CC2CC1C=C2c1ccc(C(c2ccc(C3=CC4C=CC3C4)cc2)(c2ccc(C3=CC4C=CC3C4)cc2)c2ccc(C3=CC4C=CC3C4)cc2)cc1. The van der Waals surface area contributed by atoms with Crippen LogP contribution in [0.25, 0.3) is 22.3 Å². The number of benzene rings is 4. The van der Waals surface area contributed by atoms with Crippen LogP contribution >= 0.6 is 0 Å². The highest BCUT2D eigenvalue weighted by molar-refractivity contribution is 5.78. The molecule has 8 unspecified atom stereocenters. The fourth-order valence-electron chi connectivity index (χ4n) is 11.6. The van der Waals surface area contributed by atoms with Crippen LogP contribution in [-0.4, -0.2) is 0 Å². The summed E-state index contributed by atoms with van der Waals surface area (Å²) in [5.41, 5.74) is 16.3. The minimum absolute atomic E-state index is 0.494. The molecule has 0 nitrogen and oxygen atoms in total. The van der Waals surface area contributed by atoms with Crippen LogP contribution in [0.3, 0.4) is 0 Å². The highest BCUT2D eigenvalue weighted by Crippen LogP contribution is 2.51. The molecule has 0 saturated heterocycles. The van der Waals surface area contributed by atoms with Crippen LogP contribution in [0, 0.1) is 47.3 Å². The van der Waals surface area contributed by atoms with Crippen LogP contribution < -0.4 is 0 Å². The van der Waals surface area contributed by atoms with Gasteiger partial charge < -0.3 is 0 Å². The van der Waals surface area contributed by atoms with E-state index in [1.165, 1.54) is 92.5 Å². The van der Waals surface area contributed by atoms with Gasteiger partial charge in [-0.2, -0.15) is 0 Å². The molecule has 12 rings (SSSR count). The van der Waals surface area contributed by atoms with Crippen molar-refractivity contribution >= 4 is 22.3 Å². The molecule has 256 valence electrons. The average molecular weight is 681 g/mol. The third kappa shape index (κ3) is 4.61. The van der Waals surface area contributed by atoms with E-state index in [0.717, 1.165) is 0 Å². The molecule has 53 heavy (non-hydrogen) atoms. The number of hydrogen-bond donors (Lipinski definition) is 0. The van der Waals surface area contributed by atoms with E-state index < -0.39 is 5.41 Å². The normalized spacial score (nSPS) is 31.4. The second kappa shape index (κ2) is 11.4. The minimum Gasteiger partial charge on any atom is -0.0810 e. The first-order valence-corrected chi connectivity index (χ1v) is 20.2. The van der Waals surface area contributed by atoms with Crippen LogP contribution in [0.1, 0.15) is 70.2 Å². The van der Waals surface area contributed by atoms with E-state index in [1.54, 1.807) is 0 Å². The number of allylic oxidation sites excluding steroid dienone is 16. The molecule has 0 saturated carbocycles. The van der Waals surface area contributed by atoms with Gasteiger partial charge in [0.15, 0.2) is 0 Å².